The van der Waals surface area contributed by atoms with Crippen molar-refractivity contribution >= 4 is 23.5 Å². The molecule has 4 amide bonds. The number of aryl methyl sites for hydroxylation is 2. The van der Waals surface area contributed by atoms with Crippen LogP contribution < -0.4 is 10.2 Å². The molecule has 1 aliphatic heterocycles. The van der Waals surface area contributed by atoms with Crippen molar-refractivity contribution in [2.75, 3.05) is 4.90 Å². The largest absolute Gasteiger partial charge is 0.335 e. The highest BCUT2D eigenvalue weighted by atomic mass is 16.2. The monoisotopic (exact) mass is 336 g/mol. The van der Waals surface area contributed by atoms with E-state index in [4.69, 9.17) is 0 Å². The van der Waals surface area contributed by atoms with Crippen LogP contribution in [0.5, 0.6) is 0 Å². The van der Waals surface area contributed by atoms with Gasteiger partial charge in [0.15, 0.2) is 0 Å². The van der Waals surface area contributed by atoms with Crippen molar-refractivity contribution in [3.05, 3.63) is 65.2 Å². The van der Waals surface area contributed by atoms with Crippen molar-refractivity contribution in [1.29, 1.82) is 0 Å². The van der Waals surface area contributed by atoms with Crippen molar-refractivity contribution in [1.82, 2.24) is 5.32 Å². The van der Waals surface area contributed by atoms with Crippen molar-refractivity contribution < 1.29 is 14.4 Å². The van der Waals surface area contributed by atoms with Crippen molar-refractivity contribution in [2.24, 2.45) is 5.92 Å². The Balaban J connectivity index is 1.86. The zero-order valence-corrected chi connectivity index (χ0v) is 14.3. The topological polar surface area (TPSA) is 66.5 Å². The van der Waals surface area contributed by atoms with E-state index in [9.17, 15) is 14.4 Å². The molecule has 1 atom stereocenters. The third kappa shape index (κ3) is 3.45. The second-order valence-electron chi connectivity index (χ2n) is 6.23. The van der Waals surface area contributed by atoms with Crippen LogP contribution >= 0.6 is 0 Å². The summed E-state index contributed by atoms with van der Waals surface area (Å²) in [6.45, 7) is 4.01. The molecule has 0 aliphatic carbocycles. The molecule has 0 spiro atoms. The standard InChI is InChI=1S/C20H20N2O3/c1-3-14-8-10-16(11-9-14)22-19(24)17(18(23)21-20(22)25)12-15-6-4-13(2)5-7-15/h4-11,17H,3,12H2,1-2H3,(H,21,23,25)/t17-/m0/s1. The summed E-state index contributed by atoms with van der Waals surface area (Å²) < 4.78 is 0. The van der Waals surface area contributed by atoms with E-state index in [2.05, 4.69) is 5.32 Å². The van der Waals surface area contributed by atoms with E-state index < -0.39 is 23.8 Å². The van der Waals surface area contributed by atoms with Crippen LogP contribution in [0, 0.1) is 12.8 Å². The second kappa shape index (κ2) is 6.89. The Morgan fingerprint density at radius 1 is 0.920 bits per heavy atom. The second-order valence-corrected chi connectivity index (χ2v) is 6.23. The number of anilines is 1. The highest BCUT2D eigenvalue weighted by Gasteiger charge is 2.41. The molecule has 5 heteroatoms. The lowest BCUT2D eigenvalue weighted by molar-refractivity contribution is -0.134. The number of imide groups is 2. The SMILES string of the molecule is CCc1ccc(N2C(=O)NC(=O)[C@H](Cc3ccc(C)cc3)C2=O)cc1. The number of rotatable bonds is 4. The first-order valence-corrected chi connectivity index (χ1v) is 8.33. The predicted molar refractivity (Wildman–Crippen MR) is 95.2 cm³/mol. The average Bonchev–Trinajstić information content (AvgIpc) is 2.60. The maximum atomic E-state index is 12.8. The first-order chi connectivity index (χ1) is 12.0. The van der Waals surface area contributed by atoms with Crippen LogP contribution in [-0.4, -0.2) is 17.8 Å². The number of hydrogen-bond donors (Lipinski definition) is 1. The third-order valence-electron chi connectivity index (χ3n) is 4.43. The minimum absolute atomic E-state index is 0.266. The van der Waals surface area contributed by atoms with Gasteiger partial charge in [0.25, 0.3) is 0 Å². The van der Waals surface area contributed by atoms with Gasteiger partial charge in [0, 0.05) is 0 Å². The maximum absolute atomic E-state index is 12.8. The Morgan fingerprint density at radius 2 is 1.52 bits per heavy atom. The van der Waals surface area contributed by atoms with Crippen LogP contribution in [0.2, 0.25) is 0 Å². The van der Waals surface area contributed by atoms with E-state index in [0.717, 1.165) is 28.0 Å². The number of amides is 4. The molecule has 0 radical (unpaired) electrons. The van der Waals surface area contributed by atoms with Crippen LogP contribution in [0.15, 0.2) is 48.5 Å². The highest BCUT2D eigenvalue weighted by Crippen LogP contribution is 2.23. The quantitative estimate of drug-likeness (QED) is 0.873. The van der Waals surface area contributed by atoms with Crippen molar-refractivity contribution in [3.63, 3.8) is 0 Å². The third-order valence-corrected chi connectivity index (χ3v) is 4.43. The van der Waals surface area contributed by atoms with Gasteiger partial charge in [-0.3, -0.25) is 14.9 Å². The zero-order chi connectivity index (χ0) is 18.0. The summed E-state index contributed by atoms with van der Waals surface area (Å²) in [7, 11) is 0. The van der Waals surface area contributed by atoms with Gasteiger partial charge in [0.05, 0.1) is 5.69 Å². The normalized spacial score (nSPS) is 17.6. The van der Waals surface area contributed by atoms with E-state index in [1.54, 1.807) is 12.1 Å². The minimum atomic E-state index is -0.911. The summed E-state index contributed by atoms with van der Waals surface area (Å²) in [4.78, 5) is 38.2. The first-order valence-electron chi connectivity index (χ1n) is 8.33. The summed E-state index contributed by atoms with van der Waals surface area (Å²) in [5.74, 6) is -1.94. The van der Waals surface area contributed by atoms with Crippen molar-refractivity contribution in [3.8, 4) is 0 Å². The van der Waals surface area contributed by atoms with Gasteiger partial charge in [-0.25, -0.2) is 9.69 Å². The Hall–Kier alpha value is -2.95. The molecule has 25 heavy (non-hydrogen) atoms. The zero-order valence-electron chi connectivity index (χ0n) is 14.3. The van der Waals surface area contributed by atoms with Crippen LogP contribution in [-0.2, 0) is 22.4 Å². The minimum Gasteiger partial charge on any atom is -0.277 e. The summed E-state index contributed by atoms with van der Waals surface area (Å²) in [6.07, 6.45) is 1.14. The van der Waals surface area contributed by atoms with Crippen LogP contribution in [0.25, 0.3) is 0 Å². The number of nitrogens with one attached hydrogen (secondary N) is 1. The molecule has 2 aromatic rings. The van der Waals surface area contributed by atoms with Gasteiger partial charge in [-0.1, -0.05) is 48.9 Å². The number of nitrogens with zero attached hydrogens (tertiary/aromatic N) is 1. The smallest absolute Gasteiger partial charge is 0.277 e. The lowest BCUT2D eigenvalue weighted by Crippen LogP contribution is -2.58. The Morgan fingerprint density at radius 3 is 2.12 bits per heavy atom. The number of benzene rings is 2. The van der Waals surface area contributed by atoms with Gasteiger partial charge < -0.3 is 0 Å². The molecular formula is C20H20N2O3. The molecule has 1 N–H and O–H groups in total. The molecule has 3 rings (SSSR count). The molecule has 0 saturated carbocycles. The van der Waals surface area contributed by atoms with Gasteiger partial charge in [-0.15, -0.1) is 0 Å². The highest BCUT2D eigenvalue weighted by molar-refractivity contribution is 6.27. The lowest BCUT2D eigenvalue weighted by Gasteiger charge is -2.30. The first kappa shape index (κ1) is 16.9. The summed E-state index contributed by atoms with van der Waals surface area (Å²) in [5, 5.41) is 2.30. The summed E-state index contributed by atoms with van der Waals surface area (Å²) >= 11 is 0. The molecule has 128 valence electrons. The molecule has 1 aliphatic rings. The van der Waals surface area contributed by atoms with Crippen molar-refractivity contribution in [2.45, 2.75) is 26.7 Å². The fraction of sp³-hybridized carbons (Fsp3) is 0.250. The molecule has 2 aromatic carbocycles. The fourth-order valence-electron chi connectivity index (χ4n) is 2.88. The molecule has 1 heterocycles. The number of carbonyl (C=O) groups excluding carboxylic acids is 3. The average molecular weight is 336 g/mol. The molecule has 0 unspecified atom stereocenters. The summed E-state index contributed by atoms with van der Waals surface area (Å²) in [6, 6.07) is 14.2. The van der Waals surface area contributed by atoms with E-state index >= 15 is 0 Å². The fourth-order valence-corrected chi connectivity index (χ4v) is 2.88. The van der Waals surface area contributed by atoms with Gasteiger partial charge >= 0.3 is 6.03 Å². The van der Waals surface area contributed by atoms with Crippen LogP contribution in [0.1, 0.15) is 23.6 Å². The molecule has 1 fully saturated rings. The van der Waals surface area contributed by atoms with Gasteiger partial charge in [0.2, 0.25) is 11.8 Å². The number of carbonyl (C=O) groups is 3. The van der Waals surface area contributed by atoms with Crippen LogP contribution in [0.4, 0.5) is 10.5 Å². The molecule has 0 aromatic heterocycles. The van der Waals surface area contributed by atoms with E-state index in [0.29, 0.717) is 5.69 Å². The molecular weight excluding hydrogens is 316 g/mol. The van der Waals surface area contributed by atoms with E-state index in [1.807, 2.05) is 50.2 Å². The Labute approximate surface area is 146 Å². The van der Waals surface area contributed by atoms with Gasteiger partial charge in [-0.05, 0) is 43.0 Å². The van der Waals surface area contributed by atoms with E-state index in [-0.39, 0.29) is 6.42 Å². The van der Waals surface area contributed by atoms with Gasteiger partial charge in [-0.2, -0.15) is 0 Å². The number of barbiturate groups is 1. The Kier molecular flexibility index (Phi) is 4.65. The Bertz CT molecular complexity index is 810. The predicted octanol–water partition coefficient (Wildman–Crippen LogP) is 3.00. The maximum Gasteiger partial charge on any atom is 0.335 e. The molecule has 0 bridgehead atoms. The van der Waals surface area contributed by atoms with Gasteiger partial charge in [0.1, 0.15) is 5.92 Å². The number of hydrogen-bond acceptors (Lipinski definition) is 3. The van der Waals surface area contributed by atoms with Crippen LogP contribution in [0.3, 0.4) is 0 Å². The lowest BCUT2D eigenvalue weighted by atomic mass is 9.94. The number of urea groups is 1. The van der Waals surface area contributed by atoms with E-state index in [1.165, 1.54) is 0 Å². The summed E-state index contributed by atoms with van der Waals surface area (Å²) in [5.41, 5.74) is 3.58. The molecule has 5 nitrogen and oxygen atoms in total. The molecule has 1 saturated heterocycles.